The summed E-state index contributed by atoms with van der Waals surface area (Å²) in [5.74, 6) is 0.691. The van der Waals surface area contributed by atoms with Crippen molar-refractivity contribution < 1.29 is 9.53 Å². The molecule has 0 saturated carbocycles. The fraction of sp³-hybridized carbons (Fsp3) is 0.304. The van der Waals surface area contributed by atoms with Crippen LogP contribution in [0.5, 0.6) is 5.75 Å². The van der Waals surface area contributed by atoms with E-state index in [1.165, 1.54) is 0 Å². The average Bonchev–Trinajstić information content (AvgIpc) is 3.18. The number of amides is 1. The Balaban J connectivity index is 2.13. The molecule has 0 spiro atoms. The fourth-order valence-electron chi connectivity index (χ4n) is 3.28. The van der Waals surface area contributed by atoms with Gasteiger partial charge in [0.25, 0.3) is 5.91 Å². The SMILES string of the molecule is CCCN(CCC)C(=O)c1cc(-c2cccc(OC)c2)nn1-c1ccccc1Cl. The normalized spacial score (nSPS) is 10.8. The van der Waals surface area contributed by atoms with Crippen molar-refractivity contribution in [2.24, 2.45) is 0 Å². The first-order valence-electron chi connectivity index (χ1n) is 9.87. The van der Waals surface area contributed by atoms with E-state index in [-0.39, 0.29) is 5.91 Å². The third-order valence-corrected chi connectivity index (χ3v) is 4.97. The molecule has 2 aromatic carbocycles. The molecule has 0 N–H and O–H groups in total. The van der Waals surface area contributed by atoms with Gasteiger partial charge in [-0.1, -0.05) is 49.7 Å². The predicted molar refractivity (Wildman–Crippen MR) is 117 cm³/mol. The van der Waals surface area contributed by atoms with Crippen molar-refractivity contribution >= 4 is 17.5 Å². The van der Waals surface area contributed by atoms with E-state index in [0.29, 0.717) is 35.2 Å². The van der Waals surface area contributed by atoms with E-state index in [1.807, 2.05) is 53.4 Å². The summed E-state index contributed by atoms with van der Waals surface area (Å²) in [4.78, 5) is 15.3. The molecule has 152 valence electrons. The zero-order valence-electron chi connectivity index (χ0n) is 17.1. The van der Waals surface area contributed by atoms with Crippen molar-refractivity contribution in [2.45, 2.75) is 26.7 Å². The van der Waals surface area contributed by atoms with E-state index in [1.54, 1.807) is 17.9 Å². The zero-order chi connectivity index (χ0) is 20.8. The highest BCUT2D eigenvalue weighted by atomic mass is 35.5. The Labute approximate surface area is 176 Å². The number of carbonyl (C=O) groups is 1. The number of hydrogen-bond acceptors (Lipinski definition) is 3. The van der Waals surface area contributed by atoms with Crippen LogP contribution in [0.15, 0.2) is 54.6 Å². The molecule has 0 aliphatic heterocycles. The average molecular weight is 412 g/mol. The standard InChI is InChI=1S/C23H26ClN3O2/c1-4-13-26(14-5-2)23(28)22-16-20(17-9-8-10-18(15-17)29-3)25-27(22)21-12-7-6-11-19(21)24/h6-12,15-16H,4-5,13-14H2,1-3H3. The monoisotopic (exact) mass is 411 g/mol. The van der Waals surface area contributed by atoms with E-state index in [4.69, 9.17) is 21.4 Å². The highest BCUT2D eigenvalue weighted by molar-refractivity contribution is 6.32. The van der Waals surface area contributed by atoms with Crippen molar-refractivity contribution in [1.82, 2.24) is 14.7 Å². The summed E-state index contributed by atoms with van der Waals surface area (Å²) in [7, 11) is 1.63. The lowest BCUT2D eigenvalue weighted by atomic mass is 10.1. The van der Waals surface area contributed by atoms with Crippen molar-refractivity contribution in [3.8, 4) is 22.7 Å². The maximum absolute atomic E-state index is 13.4. The molecule has 0 aliphatic rings. The Bertz CT molecular complexity index is 978. The van der Waals surface area contributed by atoms with Gasteiger partial charge in [-0.25, -0.2) is 4.68 Å². The van der Waals surface area contributed by atoms with Crippen molar-refractivity contribution in [3.63, 3.8) is 0 Å². The molecule has 0 fully saturated rings. The Morgan fingerprint density at radius 1 is 1.07 bits per heavy atom. The lowest BCUT2D eigenvalue weighted by Crippen LogP contribution is -2.33. The molecule has 0 unspecified atom stereocenters. The minimum Gasteiger partial charge on any atom is -0.497 e. The van der Waals surface area contributed by atoms with E-state index >= 15 is 0 Å². The maximum atomic E-state index is 13.4. The van der Waals surface area contributed by atoms with Gasteiger partial charge in [-0.2, -0.15) is 5.10 Å². The van der Waals surface area contributed by atoms with Gasteiger partial charge >= 0.3 is 0 Å². The molecule has 5 nitrogen and oxygen atoms in total. The number of para-hydroxylation sites is 1. The number of hydrogen-bond donors (Lipinski definition) is 0. The van der Waals surface area contributed by atoms with Crippen LogP contribution in [0, 0.1) is 0 Å². The van der Waals surface area contributed by atoms with Crippen LogP contribution in [-0.4, -0.2) is 40.8 Å². The molecule has 6 heteroatoms. The number of carbonyl (C=O) groups excluding carboxylic acids is 1. The number of halogens is 1. The second-order valence-corrected chi connectivity index (χ2v) is 7.21. The Hall–Kier alpha value is -2.79. The molecule has 1 amide bonds. The first kappa shape index (κ1) is 20.9. The van der Waals surface area contributed by atoms with Crippen molar-refractivity contribution in [3.05, 3.63) is 65.3 Å². The van der Waals surface area contributed by atoms with Gasteiger partial charge < -0.3 is 9.64 Å². The number of rotatable bonds is 8. The lowest BCUT2D eigenvalue weighted by molar-refractivity contribution is 0.0746. The second kappa shape index (κ2) is 9.61. The number of aromatic nitrogens is 2. The summed E-state index contributed by atoms with van der Waals surface area (Å²) in [5.41, 5.74) is 2.75. The molecular weight excluding hydrogens is 386 g/mol. The minimum atomic E-state index is -0.0461. The summed E-state index contributed by atoms with van der Waals surface area (Å²) in [6.07, 6.45) is 1.80. The van der Waals surface area contributed by atoms with E-state index < -0.39 is 0 Å². The third-order valence-electron chi connectivity index (χ3n) is 4.65. The molecule has 0 radical (unpaired) electrons. The second-order valence-electron chi connectivity index (χ2n) is 6.80. The topological polar surface area (TPSA) is 47.4 Å². The van der Waals surface area contributed by atoms with Gasteiger partial charge in [-0.05, 0) is 43.2 Å². The molecule has 1 heterocycles. The van der Waals surface area contributed by atoms with Gasteiger partial charge in [0.1, 0.15) is 11.4 Å². The Morgan fingerprint density at radius 3 is 2.45 bits per heavy atom. The smallest absolute Gasteiger partial charge is 0.272 e. The first-order chi connectivity index (χ1) is 14.1. The van der Waals surface area contributed by atoms with Crippen LogP contribution in [0.2, 0.25) is 5.02 Å². The lowest BCUT2D eigenvalue weighted by Gasteiger charge is -2.21. The van der Waals surface area contributed by atoms with Crippen LogP contribution in [0.4, 0.5) is 0 Å². The molecule has 0 saturated heterocycles. The van der Waals surface area contributed by atoms with Crippen LogP contribution >= 0.6 is 11.6 Å². The van der Waals surface area contributed by atoms with E-state index in [9.17, 15) is 4.79 Å². The highest BCUT2D eigenvalue weighted by Crippen LogP contribution is 2.28. The molecule has 0 bridgehead atoms. The Kier molecular flexibility index (Phi) is 6.94. The van der Waals surface area contributed by atoms with Gasteiger partial charge in [-0.3, -0.25) is 4.79 Å². The molecule has 3 rings (SSSR count). The van der Waals surface area contributed by atoms with E-state index in [0.717, 1.165) is 24.2 Å². The van der Waals surface area contributed by atoms with Crippen LogP contribution in [0.25, 0.3) is 16.9 Å². The molecular formula is C23H26ClN3O2. The molecule has 0 aliphatic carbocycles. The van der Waals surface area contributed by atoms with Crippen LogP contribution < -0.4 is 4.74 Å². The number of nitrogens with zero attached hydrogens (tertiary/aromatic N) is 3. The van der Waals surface area contributed by atoms with Gasteiger partial charge in [0.05, 0.1) is 23.5 Å². The molecule has 0 atom stereocenters. The third kappa shape index (κ3) is 4.62. The summed E-state index contributed by atoms with van der Waals surface area (Å²) >= 11 is 6.43. The molecule has 3 aromatic rings. The summed E-state index contributed by atoms with van der Waals surface area (Å²) < 4.78 is 6.99. The summed E-state index contributed by atoms with van der Waals surface area (Å²) in [5, 5.41) is 5.28. The van der Waals surface area contributed by atoms with Gasteiger partial charge in [0.15, 0.2) is 0 Å². The van der Waals surface area contributed by atoms with Crippen LogP contribution in [0.3, 0.4) is 0 Å². The van der Waals surface area contributed by atoms with E-state index in [2.05, 4.69) is 13.8 Å². The van der Waals surface area contributed by atoms with Gasteiger partial charge in [0, 0.05) is 18.7 Å². The molecule has 29 heavy (non-hydrogen) atoms. The van der Waals surface area contributed by atoms with Crippen molar-refractivity contribution in [2.75, 3.05) is 20.2 Å². The number of benzene rings is 2. The number of ether oxygens (including phenoxy) is 1. The zero-order valence-corrected chi connectivity index (χ0v) is 17.8. The summed E-state index contributed by atoms with van der Waals surface area (Å²) in [6, 6.07) is 16.9. The summed E-state index contributed by atoms with van der Waals surface area (Å²) in [6.45, 7) is 5.55. The predicted octanol–water partition coefficient (Wildman–Crippen LogP) is 5.46. The van der Waals surface area contributed by atoms with Crippen molar-refractivity contribution in [1.29, 1.82) is 0 Å². The maximum Gasteiger partial charge on any atom is 0.272 e. The van der Waals surface area contributed by atoms with Crippen LogP contribution in [-0.2, 0) is 0 Å². The van der Waals surface area contributed by atoms with Gasteiger partial charge in [0.2, 0.25) is 0 Å². The fourth-order valence-corrected chi connectivity index (χ4v) is 3.50. The quantitative estimate of drug-likeness (QED) is 0.494. The van der Waals surface area contributed by atoms with Gasteiger partial charge in [-0.15, -0.1) is 0 Å². The largest absolute Gasteiger partial charge is 0.497 e. The Morgan fingerprint density at radius 2 is 1.79 bits per heavy atom. The first-order valence-corrected chi connectivity index (χ1v) is 10.3. The highest BCUT2D eigenvalue weighted by Gasteiger charge is 2.23. The van der Waals surface area contributed by atoms with Crippen LogP contribution in [0.1, 0.15) is 37.2 Å². The minimum absolute atomic E-state index is 0.0461. The number of methoxy groups -OCH3 is 1. The molecule has 1 aromatic heterocycles.